The molecule has 104 valence electrons. The van der Waals surface area contributed by atoms with Gasteiger partial charge in [-0.3, -0.25) is 0 Å². The SMILES string of the molecule is N#CCc1cc(I)nc(C(F)(F)F)c1OC(F)(F)F. The average molecular weight is 396 g/mol. The van der Waals surface area contributed by atoms with E-state index in [0.29, 0.717) is 0 Å². The summed E-state index contributed by atoms with van der Waals surface area (Å²) in [6.07, 6.45) is -11.1. The van der Waals surface area contributed by atoms with Crippen LogP contribution in [-0.4, -0.2) is 11.3 Å². The summed E-state index contributed by atoms with van der Waals surface area (Å²) < 4.78 is 77.4. The third-order valence-corrected chi connectivity index (χ3v) is 2.33. The van der Waals surface area contributed by atoms with Crippen molar-refractivity contribution in [1.29, 1.82) is 5.26 Å². The summed E-state index contributed by atoms with van der Waals surface area (Å²) in [5.41, 5.74) is -2.33. The molecule has 0 amide bonds. The van der Waals surface area contributed by atoms with Crippen LogP contribution in [0.1, 0.15) is 11.3 Å². The maximum absolute atomic E-state index is 12.6. The van der Waals surface area contributed by atoms with Crippen molar-refractivity contribution in [3.05, 3.63) is 21.0 Å². The van der Waals surface area contributed by atoms with Crippen LogP contribution < -0.4 is 4.74 Å². The minimum Gasteiger partial charge on any atom is -0.403 e. The third kappa shape index (κ3) is 4.41. The lowest BCUT2D eigenvalue weighted by Crippen LogP contribution is -2.22. The number of rotatable bonds is 2. The first-order chi connectivity index (χ1) is 8.54. The fraction of sp³-hybridized carbons (Fsp3) is 0.333. The molecule has 1 rings (SSSR count). The maximum Gasteiger partial charge on any atom is 0.573 e. The highest BCUT2D eigenvalue weighted by Gasteiger charge is 2.42. The van der Waals surface area contributed by atoms with E-state index in [1.54, 1.807) is 0 Å². The molecule has 10 heteroatoms. The van der Waals surface area contributed by atoms with Crippen LogP contribution in [0.25, 0.3) is 0 Å². The van der Waals surface area contributed by atoms with Gasteiger partial charge in [0, 0.05) is 5.56 Å². The van der Waals surface area contributed by atoms with E-state index in [2.05, 4.69) is 9.72 Å². The number of hydrogen-bond acceptors (Lipinski definition) is 3. The number of alkyl halides is 6. The van der Waals surface area contributed by atoms with Crippen molar-refractivity contribution in [2.45, 2.75) is 19.0 Å². The molecule has 0 aromatic carbocycles. The van der Waals surface area contributed by atoms with E-state index >= 15 is 0 Å². The molecule has 0 bridgehead atoms. The summed E-state index contributed by atoms with van der Waals surface area (Å²) in [7, 11) is 0. The van der Waals surface area contributed by atoms with E-state index in [0.717, 1.165) is 6.07 Å². The fourth-order valence-corrected chi connectivity index (χ4v) is 1.81. The van der Waals surface area contributed by atoms with Crippen molar-refractivity contribution in [3.8, 4) is 11.8 Å². The monoisotopic (exact) mass is 396 g/mol. The highest BCUT2D eigenvalue weighted by atomic mass is 127. The fourth-order valence-electron chi connectivity index (χ4n) is 1.19. The molecule has 1 aromatic heterocycles. The first-order valence-electron chi connectivity index (χ1n) is 4.44. The Bertz CT molecular complexity index is 519. The molecule has 1 heterocycles. The van der Waals surface area contributed by atoms with Crippen molar-refractivity contribution in [2.75, 3.05) is 0 Å². The van der Waals surface area contributed by atoms with Gasteiger partial charge in [-0.25, -0.2) is 4.98 Å². The first-order valence-corrected chi connectivity index (χ1v) is 5.52. The van der Waals surface area contributed by atoms with Crippen LogP contribution in [-0.2, 0) is 12.6 Å². The summed E-state index contributed by atoms with van der Waals surface area (Å²) in [6, 6.07) is 2.40. The molecule has 0 unspecified atom stereocenters. The highest BCUT2D eigenvalue weighted by molar-refractivity contribution is 14.1. The molecule has 0 fully saturated rings. The molecule has 0 N–H and O–H groups in total. The van der Waals surface area contributed by atoms with Gasteiger partial charge >= 0.3 is 12.5 Å². The Kier molecular flexibility index (Phi) is 4.49. The van der Waals surface area contributed by atoms with Gasteiger partial charge in [-0.1, -0.05) is 0 Å². The highest BCUT2D eigenvalue weighted by Crippen LogP contribution is 2.39. The van der Waals surface area contributed by atoms with Gasteiger partial charge in [-0.05, 0) is 28.7 Å². The lowest BCUT2D eigenvalue weighted by atomic mass is 10.1. The van der Waals surface area contributed by atoms with Crippen LogP contribution in [0, 0.1) is 15.0 Å². The average Bonchev–Trinajstić information content (AvgIpc) is 2.18. The van der Waals surface area contributed by atoms with Crippen molar-refractivity contribution < 1.29 is 31.1 Å². The molecule has 0 radical (unpaired) electrons. The van der Waals surface area contributed by atoms with Crippen LogP contribution >= 0.6 is 22.6 Å². The van der Waals surface area contributed by atoms with Crippen LogP contribution in [0.4, 0.5) is 26.3 Å². The number of ether oxygens (including phenoxy) is 1. The van der Waals surface area contributed by atoms with Gasteiger partial charge in [0.15, 0.2) is 11.4 Å². The Morgan fingerprint density at radius 1 is 1.26 bits per heavy atom. The zero-order valence-electron chi connectivity index (χ0n) is 8.73. The summed E-state index contributed by atoms with van der Waals surface area (Å²) in [5, 5.41) is 8.44. The molecule has 0 saturated heterocycles. The van der Waals surface area contributed by atoms with Gasteiger partial charge in [0.05, 0.1) is 12.5 Å². The van der Waals surface area contributed by atoms with Crippen LogP contribution in [0.5, 0.6) is 5.75 Å². The van der Waals surface area contributed by atoms with E-state index in [9.17, 15) is 26.3 Å². The molecule has 1 aromatic rings. The van der Waals surface area contributed by atoms with Gasteiger partial charge in [-0.2, -0.15) is 18.4 Å². The Hall–Kier alpha value is -1.25. The number of hydrogen-bond donors (Lipinski definition) is 0. The minimum atomic E-state index is -5.31. The summed E-state index contributed by atoms with van der Waals surface area (Å²) in [4.78, 5) is 3.00. The first kappa shape index (κ1) is 15.8. The number of pyridine rings is 1. The summed E-state index contributed by atoms with van der Waals surface area (Å²) in [5.74, 6) is -1.48. The number of aromatic nitrogens is 1. The third-order valence-electron chi connectivity index (χ3n) is 1.77. The van der Waals surface area contributed by atoms with Crippen molar-refractivity contribution >= 4 is 22.6 Å². The molecule has 0 aliphatic heterocycles. The molecule has 0 aliphatic rings. The lowest BCUT2D eigenvalue weighted by molar-refractivity contribution is -0.276. The normalized spacial score (nSPS) is 12.1. The summed E-state index contributed by atoms with van der Waals surface area (Å²) in [6.45, 7) is 0. The molecule has 0 aliphatic carbocycles. The van der Waals surface area contributed by atoms with E-state index in [1.165, 1.54) is 28.7 Å². The largest absolute Gasteiger partial charge is 0.573 e. The van der Waals surface area contributed by atoms with Crippen molar-refractivity contribution in [2.24, 2.45) is 0 Å². The number of halogens is 7. The van der Waals surface area contributed by atoms with E-state index in [4.69, 9.17) is 5.26 Å². The van der Waals surface area contributed by atoms with Crippen molar-refractivity contribution in [1.82, 2.24) is 4.98 Å². The molecule has 0 saturated carbocycles. The van der Waals surface area contributed by atoms with Gasteiger partial charge in [0.1, 0.15) is 3.70 Å². The van der Waals surface area contributed by atoms with Crippen LogP contribution in [0.15, 0.2) is 6.07 Å². The van der Waals surface area contributed by atoms with E-state index in [1.807, 2.05) is 0 Å². The van der Waals surface area contributed by atoms with Gasteiger partial charge in [0.25, 0.3) is 0 Å². The number of nitriles is 1. The second-order valence-electron chi connectivity index (χ2n) is 3.16. The maximum atomic E-state index is 12.6. The Morgan fingerprint density at radius 2 is 1.84 bits per heavy atom. The quantitative estimate of drug-likeness (QED) is 0.436. The Labute approximate surface area is 116 Å². The molecule has 0 atom stereocenters. The summed E-state index contributed by atoms with van der Waals surface area (Å²) >= 11 is 1.41. The molecular formula is C9H3F6IN2O. The van der Waals surface area contributed by atoms with Gasteiger partial charge in [-0.15, -0.1) is 13.2 Å². The molecule has 0 spiro atoms. The lowest BCUT2D eigenvalue weighted by Gasteiger charge is -2.17. The predicted molar refractivity (Wildman–Crippen MR) is 58.0 cm³/mol. The van der Waals surface area contributed by atoms with E-state index in [-0.39, 0.29) is 3.70 Å². The predicted octanol–water partition coefficient (Wildman–Crippen LogP) is 3.67. The van der Waals surface area contributed by atoms with Crippen LogP contribution in [0.3, 0.4) is 0 Å². The van der Waals surface area contributed by atoms with Gasteiger partial charge < -0.3 is 4.74 Å². The number of nitrogens with zero attached hydrogens (tertiary/aromatic N) is 2. The Morgan fingerprint density at radius 3 is 2.26 bits per heavy atom. The topological polar surface area (TPSA) is 45.9 Å². The molecular weight excluding hydrogens is 393 g/mol. The van der Waals surface area contributed by atoms with Gasteiger partial charge in [0.2, 0.25) is 0 Å². The Balaban J connectivity index is 3.48. The minimum absolute atomic E-state index is 0.190. The van der Waals surface area contributed by atoms with Crippen molar-refractivity contribution in [3.63, 3.8) is 0 Å². The second-order valence-corrected chi connectivity index (χ2v) is 4.27. The standard InChI is InChI=1S/C9H3F6IN2O/c10-8(11,12)7-6(19-9(13,14)15)4(1-2-17)3-5(16)18-7/h3H,1H2. The van der Waals surface area contributed by atoms with E-state index < -0.39 is 36.0 Å². The zero-order chi connectivity index (χ0) is 14.8. The zero-order valence-corrected chi connectivity index (χ0v) is 10.9. The smallest absolute Gasteiger partial charge is 0.403 e. The van der Waals surface area contributed by atoms with Crippen LogP contribution in [0.2, 0.25) is 0 Å². The molecule has 3 nitrogen and oxygen atoms in total. The second kappa shape index (κ2) is 5.40. The molecule has 19 heavy (non-hydrogen) atoms.